The first-order valence-electron chi connectivity index (χ1n) is 7.60. The van der Waals surface area contributed by atoms with E-state index in [-0.39, 0.29) is 18.2 Å². The van der Waals surface area contributed by atoms with Crippen molar-refractivity contribution in [2.24, 2.45) is 5.92 Å². The maximum absolute atomic E-state index is 12.0. The molecule has 0 aliphatic heterocycles. The standard InChI is InChI=1S/C17H22N2O3/c1-3-11(2)16(17(21)22)19-15(20)9-8-12-10-18-14-7-5-4-6-13(12)14/h4-7,10-11,16,18H,3,8-9H2,1-2H3,(H,19,20)(H,21,22)/t11-,16+/m1/s1. The Labute approximate surface area is 129 Å². The monoisotopic (exact) mass is 302 g/mol. The first-order chi connectivity index (χ1) is 10.5. The molecule has 0 saturated heterocycles. The molecular formula is C17H22N2O3. The average Bonchev–Trinajstić information content (AvgIpc) is 2.93. The van der Waals surface area contributed by atoms with E-state index in [9.17, 15) is 14.7 Å². The van der Waals surface area contributed by atoms with E-state index in [0.717, 1.165) is 16.5 Å². The Morgan fingerprint density at radius 1 is 1.32 bits per heavy atom. The van der Waals surface area contributed by atoms with E-state index < -0.39 is 12.0 Å². The molecule has 118 valence electrons. The zero-order valence-corrected chi connectivity index (χ0v) is 12.9. The lowest BCUT2D eigenvalue weighted by molar-refractivity contribution is -0.143. The molecule has 1 aromatic heterocycles. The minimum Gasteiger partial charge on any atom is -0.480 e. The number of aromatic amines is 1. The second-order valence-corrected chi connectivity index (χ2v) is 5.63. The highest BCUT2D eigenvalue weighted by Gasteiger charge is 2.25. The summed E-state index contributed by atoms with van der Waals surface area (Å²) in [5.74, 6) is -1.29. The number of carboxylic acid groups (broad SMARTS) is 1. The number of fused-ring (bicyclic) bond motifs is 1. The number of carboxylic acids is 1. The van der Waals surface area contributed by atoms with Crippen LogP contribution in [0.4, 0.5) is 0 Å². The predicted molar refractivity (Wildman–Crippen MR) is 85.6 cm³/mol. The Kier molecular flexibility index (Phi) is 5.20. The number of aryl methyl sites for hydroxylation is 1. The molecule has 5 heteroatoms. The fraction of sp³-hybridized carbons (Fsp3) is 0.412. The Balaban J connectivity index is 1.96. The number of nitrogens with one attached hydrogen (secondary N) is 2. The van der Waals surface area contributed by atoms with Gasteiger partial charge >= 0.3 is 5.97 Å². The van der Waals surface area contributed by atoms with Gasteiger partial charge in [0.15, 0.2) is 0 Å². The Morgan fingerprint density at radius 3 is 2.73 bits per heavy atom. The van der Waals surface area contributed by atoms with Gasteiger partial charge in [-0.05, 0) is 24.0 Å². The number of carbonyl (C=O) groups is 2. The van der Waals surface area contributed by atoms with Crippen LogP contribution < -0.4 is 5.32 Å². The minimum absolute atomic E-state index is 0.0884. The van der Waals surface area contributed by atoms with Crippen molar-refractivity contribution in [2.45, 2.75) is 39.2 Å². The summed E-state index contributed by atoms with van der Waals surface area (Å²) in [6.45, 7) is 3.75. The molecule has 0 unspecified atom stereocenters. The summed E-state index contributed by atoms with van der Waals surface area (Å²) in [6, 6.07) is 7.10. The van der Waals surface area contributed by atoms with Crippen molar-refractivity contribution >= 4 is 22.8 Å². The summed E-state index contributed by atoms with van der Waals surface area (Å²) >= 11 is 0. The first-order valence-corrected chi connectivity index (χ1v) is 7.60. The van der Waals surface area contributed by atoms with Crippen molar-refractivity contribution in [3.05, 3.63) is 36.0 Å². The zero-order valence-electron chi connectivity index (χ0n) is 12.9. The number of H-pyrrole nitrogens is 1. The van der Waals surface area contributed by atoms with Crippen LogP contribution in [0.1, 0.15) is 32.3 Å². The molecule has 3 N–H and O–H groups in total. The van der Waals surface area contributed by atoms with Crippen molar-refractivity contribution < 1.29 is 14.7 Å². The molecule has 1 heterocycles. The number of amides is 1. The SMILES string of the molecule is CC[C@@H](C)[C@H](NC(=O)CCc1c[nH]c2ccccc12)C(=O)O. The third-order valence-electron chi connectivity index (χ3n) is 4.09. The van der Waals surface area contributed by atoms with Crippen LogP contribution in [-0.2, 0) is 16.0 Å². The van der Waals surface area contributed by atoms with E-state index >= 15 is 0 Å². The minimum atomic E-state index is -0.977. The molecule has 0 fully saturated rings. The van der Waals surface area contributed by atoms with Gasteiger partial charge in [0.05, 0.1) is 0 Å². The number of carbonyl (C=O) groups excluding carboxylic acids is 1. The van der Waals surface area contributed by atoms with Crippen LogP contribution in [0.5, 0.6) is 0 Å². The van der Waals surface area contributed by atoms with Gasteiger partial charge in [0, 0.05) is 23.5 Å². The predicted octanol–water partition coefficient (Wildman–Crippen LogP) is 2.72. The number of aliphatic carboxylic acids is 1. The van der Waals surface area contributed by atoms with E-state index in [4.69, 9.17) is 0 Å². The lowest BCUT2D eigenvalue weighted by atomic mass is 9.99. The van der Waals surface area contributed by atoms with Gasteiger partial charge in [0.1, 0.15) is 6.04 Å². The first kappa shape index (κ1) is 16.1. The number of hydrogen-bond acceptors (Lipinski definition) is 2. The molecule has 2 atom stereocenters. The van der Waals surface area contributed by atoms with Gasteiger partial charge in [-0.15, -0.1) is 0 Å². The number of hydrogen-bond donors (Lipinski definition) is 3. The Bertz CT molecular complexity index is 663. The van der Waals surface area contributed by atoms with Gasteiger partial charge in [-0.2, -0.15) is 0 Å². The molecule has 0 spiro atoms. The van der Waals surface area contributed by atoms with Crippen LogP contribution in [0.3, 0.4) is 0 Å². The van der Waals surface area contributed by atoms with Crippen LogP contribution in [0.15, 0.2) is 30.5 Å². The van der Waals surface area contributed by atoms with Crippen LogP contribution in [0.2, 0.25) is 0 Å². The Morgan fingerprint density at radius 2 is 2.05 bits per heavy atom. The second kappa shape index (κ2) is 7.11. The summed E-state index contributed by atoms with van der Waals surface area (Å²) in [4.78, 5) is 26.4. The molecule has 0 radical (unpaired) electrons. The van der Waals surface area contributed by atoms with E-state index in [2.05, 4.69) is 10.3 Å². The van der Waals surface area contributed by atoms with E-state index in [0.29, 0.717) is 12.8 Å². The number of rotatable bonds is 7. The highest BCUT2D eigenvalue weighted by Crippen LogP contribution is 2.19. The van der Waals surface area contributed by atoms with Gasteiger partial charge < -0.3 is 15.4 Å². The average molecular weight is 302 g/mol. The van der Waals surface area contributed by atoms with E-state index in [1.165, 1.54) is 0 Å². The molecule has 1 aromatic carbocycles. The fourth-order valence-electron chi connectivity index (χ4n) is 2.52. The molecule has 0 aliphatic carbocycles. The summed E-state index contributed by atoms with van der Waals surface area (Å²) in [5, 5.41) is 12.9. The molecule has 22 heavy (non-hydrogen) atoms. The van der Waals surface area contributed by atoms with Crippen LogP contribution in [0.25, 0.3) is 10.9 Å². The molecule has 1 amide bonds. The number of aromatic nitrogens is 1. The lowest BCUT2D eigenvalue weighted by Gasteiger charge is -2.20. The summed E-state index contributed by atoms with van der Waals surface area (Å²) < 4.78 is 0. The third-order valence-corrected chi connectivity index (χ3v) is 4.09. The second-order valence-electron chi connectivity index (χ2n) is 5.63. The largest absolute Gasteiger partial charge is 0.480 e. The summed E-state index contributed by atoms with van der Waals surface area (Å²) in [5.41, 5.74) is 2.11. The topological polar surface area (TPSA) is 82.2 Å². The van der Waals surface area contributed by atoms with Gasteiger partial charge in [-0.3, -0.25) is 4.79 Å². The van der Waals surface area contributed by atoms with Gasteiger partial charge in [-0.25, -0.2) is 4.79 Å². The van der Waals surface area contributed by atoms with E-state index in [1.54, 1.807) is 0 Å². The van der Waals surface area contributed by atoms with Crippen molar-refractivity contribution in [3.63, 3.8) is 0 Å². The zero-order chi connectivity index (χ0) is 16.1. The highest BCUT2D eigenvalue weighted by atomic mass is 16.4. The van der Waals surface area contributed by atoms with Crippen molar-refractivity contribution in [1.82, 2.24) is 10.3 Å². The quantitative estimate of drug-likeness (QED) is 0.735. The normalized spacial score (nSPS) is 13.7. The summed E-state index contributed by atoms with van der Waals surface area (Å²) in [7, 11) is 0. The molecule has 0 bridgehead atoms. The third kappa shape index (κ3) is 3.67. The number of benzene rings is 1. The van der Waals surface area contributed by atoms with Gasteiger partial charge in [0.2, 0.25) is 5.91 Å². The highest BCUT2D eigenvalue weighted by molar-refractivity contribution is 5.86. The van der Waals surface area contributed by atoms with Gasteiger partial charge in [-0.1, -0.05) is 38.5 Å². The molecule has 5 nitrogen and oxygen atoms in total. The molecule has 0 aliphatic rings. The molecule has 2 rings (SSSR count). The van der Waals surface area contributed by atoms with Gasteiger partial charge in [0.25, 0.3) is 0 Å². The van der Waals surface area contributed by atoms with Crippen molar-refractivity contribution in [2.75, 3.05) is 0 Å². The molecule has 0 saturated carbocycles. The lowest BCUT2D eigenvalue weighted by Crippen LogP contribution is -2.45. The number of para-hydroxylation sites is 1. The maximum atomic E-state index is 12.0. The van der Waals surface area contributed by atoms with Crippen molar-refractivity contribution in [1.29, 1.82) is 0 Å². The molecule has 2 aromatic rings. The van der Waals surface area contributed by atoms with Crippen molar-refractivity contribution in [3.8, 4) is 0 Å². The molecular weight excluding hydrogens is 280 g/mol. The Hall–Kier alpha value is -2.30. The fourth-order valence-corrected chi connectivity index (χ4v) is 2.52. The maximum Gasteiger partial charge on any atom is 0.326 e. The summed E-state index contributed by atoms with van der Waals surface area (Å²) in [6.07, 6.45) is 3.48. The van der Waals surface area contributed by atoms with Crippen LogP contribution in [-0.4, -0.2) is 28.0 Å². The van der Waals surface area contributed by atoms with Crippen LogP contribution in [0, 0.1) is 5.92 Å². The van der Waals surface area contributed by atoms with E-state index in [1.807, 2.05) is 44.3 Å². The smallest absolute Gasteiger partial charge is 0.326 e. The van der Waals surface area contributed by atoms with Crippen LogP contribution >= 0.6 is 0 Å².